The summed E-state index contributed by atoms with van der Waals surface area (Å²) >= 11 is 0. The summed E-state index contributed by atoms with van der Waals surface area (Å²) in [6.07, 6.45) is 4.59. The molecule has 1 fully saturated rings. The molecule has 17 heavy (non-hydrogen) atoms. The number of carbonyl (C=O) groups is 1. The van der Waals surface area contributed by atoms with E-state index in [1.54, 1.807) is 6.26 Å². The van der Waals surface area contributed by atoms with Crippen molar-refractivity contribution >= 4 is 16.7 Å². The number of nitrogens with one attached hydrogen (secondary N) is 2. The summed E-state index contributed by atoms with van der Waals surface area (Å²) in [4.78, 5) is 11.7. The monoisotopic (exact) mass is 260 g/mol. The van der Waals surface area contributed by atoms with Crippen molar-refractivity contribution in [2.24, 2.45) is 5.92 Å². The van der Waals surface area contributed by atoms with Crippen molar-refractivity contribution in [3.05, 3.63) is 0 Å². The van der Waals surface area contributed by atoms with Gasteiger partial charge in [0, 0.05) is 41.3 Å². The second kappa shape index (κ2) is 7.11. The highest BCUT2D eigenvalue weighted by atomic mass is 32.2. The molecule has 1 amide bonds. The maximum atomic E-state index is 11.7. The van der Waals surface area contributed by atoms with Crippen LogP contribution in [0.25, 0.3) is 0 Å². The van der Waals surface area contributed by atoms with Crippen molar-refractivity contribution in [2.45, 2.75) is 44.4 Å². The van der Waals surface area contributed by atoms with Gasteiger partial charge < -0.3 is 10.6 Å². The highest BCUT2D eigenvalue weighted by molar-refractivity contribution is 7.84. The first-order chi connectivity index (χ1) is 8.00. The molecule has 4 atom stereocenters. The highest BCUT2D eigenvalue weighted by Gasteiger charge is 2.23. The second-order valence-corrected chi connectivity index (χ2v) is 6.80. The molecule has 0 saturated carbocycles. The number of piperidine rings is 1. The van der Waals surface area contributed by atoms with Crippen molar-refractivity contribution in [2.75, 3.05) is 19.3 Å². The lowest BCUT2D eigenvalue weighted by molar-refractivity contribution is -0.121. The predicted molar refractivity (Wildman–Crippen MR) is 71.3 cm³/mol. The zero-order valence-electron chi connectivity index (χ0n) is 11.0. The van der Waals surface area contributed by atoms with Crippen LogP contribution in [0.5, 0.6) is 0 Å². The van der Waals surface area contributed by atoms with E-state index in [-0.39, 0.29) is 11.2 Å². The van der Waals surface area contributed by atoms with Gasteiger partial charge in [-0.15, -0.1) is 0 Å². The molecule has 0 bridgehead atoms. The van der Waals surface area contributed by atoms with Crippen LogP contribution in [0.15, 0.2) is 0 Å². The largest absolute Gasteiger partial charge is 0.355 e. The number of amides is 1. The fourth-order valence-electron chi connectivity index (χ4n) is 2.03. The van der Waals surface area contributed by atoms with Crippen molar-refractivity contribution in [1.29, 1.82) is 0 Å². The molecule has 0 aromatic carbocycles. The van der Waals surface area contributed by atoms with Crippen LogP contribution in [0.1, 0.15) is 33.1 Å². The normalized spacial score (nSPS) is 28.4. The Kier molecular flexibility index (Phi) is 6.12. The van der Waals surface area contributed by atoms with E-state index in [4.69, 9.17) is 0 Å². The molecule has 1 saturated heterocycles. The molecule has 1 heterocycles. The molecule has 0 aliphatic carbocycles. The zero-order chi connectivity index (χ0) is 12.8. The molecule has 4 nitrogen and oxygen atoms in total. The van der Waals surface area contributed by atoms with Crippen LogP contribution in [0, 0.1) is 5.92 Å². The van der Waals surface area contributed by atoms with Gasteiger partial charge in [0.1, 0.15) is 0 Å². The van der Waals surface area contributed by atoms with Gasteiger partial charge in [0.25, 0.3) is 0 Å². The van der Waals surface area contributed by atoms with E-state index >= 15 is 0 Å². The quantitative estimate of drug-likeness (QED) is 0.763. The summed E-state index contributed by atoms with van der Waals surface area (Å²) in [5, 5.41) is 6.27. The molecule has 1 aliphatic rings. The van der Waals surface area contributed by atoms with Crippen LogP contribution >= 0.6 is 0 Å². The molecule has 1 aliphatic heterocycles. The summed E-state index contributed by atoms with van der Waals surface area (Å²) in [6.45, 7) is 5.59. The first-order valence-corrected chi connectivity index (χ1v) is 7.95. The minimum absolute atomic E-state index is 0.0238. The van der Waals surface area contributed by atoms with Gasteiger partial charge >= 0.3 is 0 Å². The van der Waals surface area contributed by atoms with E-state index in [0.717, 1.165) is 6.54 Å². The van der Waals surface area contributed by atoms with Crippen molar-refractivity contribution in [1.82, 2.24) is 10.6 Å². The predicted octanol–water partition coefficient (Wildman–Crippen LogP) is 0.648. The average molecular weight is 260 g/mol. The molecule has 0 aromatic heterocycles. The van der Waals surface area contributed by atoms with Crippen LogP contribution in [0.4, 0.5) is 0 Å². The Hall–Kier alpha value is -0.420. The Labute approximate surface area is 106 Å². The van der Waals surface area contributed by atoms with Crippen molar-refractivity contribution < 1.29 is 9.00 Å². The molecule has 2 N–H and O–H groups in total. The van der Waals surface area contributed by atoms with E-state index in [1.165, 1.54) is 12.8 Å². The fourth-order valence-corrected chi connectivity index (χ4v) is 2.35. The van der Waals surface area contributed by atoms with Gasteiger partial charge in [0.2, 0.25) is 5.91 Å². The highest BCUT2D eigenvalue weighted by Crippen LogP contribution is 2.17. The lowest BCUT2D eigenvalue weighted by atomic mass is 9.90. The van der Waals surface area contributed by atoms with Gasteiger partial charge in [-0.25, -0.2) is 0 Å². The number of rotatable bonds is 5. The summed E-state index contributed by atoms with van der Waals surface area (Å²) < 4.78 is 11.1. The van der Waals surface area contributed by atoms with Crippen LogP contribution in [-0.2, 0) is 15.6 Å². The smallest absolute Gasteiger partial charge is 0.221 e. The molecule has 4 unspecified atom stereocenters. The molecular formula is C12H24N2O2S. The van der Waals surface area contributed by atoms with Crippen LogP contribution in [0.3, 0.4) is 0 Å². The van der Waals surface area contributed by atoms with Gasteiger partial charge in [0.15, 0.2) is 0 Å². The minimum atomic E-state index is -0.871. The third-order valence-corrected chi connectivity index (χ3v) is 4.79. The van der Waals surface area contributed by atoms with E-state index < -0.39 is 10.8 Å². The maximum Gasteiger partial charge on any atom is 0.221 e. The SMILES string of the molecule is CC1CCCNC1CC(=O)NCC(C)S(C)=O. The number of hydrogen-bond donors (Lipinski definition) is 2. The molecule has 0 aromatic rings. The van der Waals surface area contributed by atoms with E-state index in [9.17, 15) is 9.00 Å². The van der Waals surface area contributed by atoms with Crippen LogP contribution in [0.2, 0.25) is 0 Å². The third-order valence-electron chi connectivity index (χ3n) is 3.49. The van der Waals surface area contributed by atoms with E-state index in [2.05, 4.69) is 17.6 Å². The fraction of sp³-hybridized carbons (Fsp3) is 0.917. The van der Waals surface area contributed by atoms with E-state index in [0.29, 0.717) is 24.9 Å². The Balaban J connectivity index is 2.26. The van der Waals surface area contributed by atoms with Gasteiger partial charge in [-0.05, 0) is 32.2 Å². The van der Waals surface area contributed by atoms with Crippen LogP contribution in [-0.4, -0.2) is 40.8 Å². The lowest BCUT2D eigenvalue weighted by Crippen LogP contribution is -2.44. The first-order valence-electron chi connectivity index (χ1n) is 6.33. The Morgan fingerprint density at radius 3 is 2.88 bits per heavy atom. The first kappa shape index (κ1) is 14.6. The summed E-state index contributed by atoms with van der Waals surface area (Å²) in [6, 6.07) is 0.297. The standard InChI is InChI=1S/C12H24N2O2S/c1-9-5-4-6-13-11(9)7-12(15)14-8-10(2)17(3)16/h9-11,13H,4-8H2,1-3H3,(H,14,15). The summed E-state index contributed by atoms with van der Waals surface area (Å²) in [5.41, 5.74) is 0. The van der Waals surface area contributed by atoms with Crippen molar-refractivity contribution in [3.8, 4) is 0 Å². The Morgan fingerprint density at radius 2 is 2.29 bits per heavy atom. The lowest BCUT2D eigenvalue weighted by Gasteiger charge is -2.29. The number of hydrogen-bond acceptors (Lipinski definition) is 3. The van der Waals surface area contributed by atoms with E-state index in [1.807, 2.05) is 6.92 Å². The van der Waals surface area contributed by atoms with Crippen LogP contribution < -0.4 is 10.6 Å². The Morgan fingerprint density at radius 1 is 1.59 bits per heavy atom. The molecular weight excluding hydrogens is 236 g/mol. The minimum Gasteiger partial charge on any atom is -0.355 e. The molecule has 5 heteroatoms. The summed E-state index contributed by atoms with van der Waals surface area (Å²) in [7, 11) is -0.871. The van der Waals surface area contributed by atoms with Gasteiger partial charge in [-0.2, -0.15) is 0 Å². The topological polar surface area (TPSA) is 58.2 Å². The molecule has 1 rings (SSSR count). The number of carbonyl (C=O) groups excluding carboxylic acids is 1. The maximum absolute atomic E-state index is 11.7. The third kappa shape index (κ3) is 5.17. The second-order valence-electron chi connectivity index (χ2n) is 5.00. The zero-order valence-corrected chi connectivity index (χ0v) is 11.8. The van der Waals surface area contributed by atoms with Gasteiger partial charge in [-0.1, -0.05) is 6.92 Å². The molecule has 100 valence electrons. The molecule has 0 radical (unpaired) electrons. The molecule has 0 spiro atoms. The van der Waals surface area contributed by atoms with Gasteiger partial charge in [0.05, 0.1) is 0 Å². The Bertz CT molecular complexity index is 284. The summed E-state index contributed by atoms with van der Waals surface area (Å²) in [5.74, 6) is 0.626. The van der Waals surface area contributed by atoms with Gasteiger partial charge in [-0.3, -0.25) is 9.00 Å². The average Bonchev–Trinajstić information content (AvgIpc) is 2.29. The van der Waals surface area contributed by atoms with Crippen molar-refractivity contribution in [3.63, 3.8) is 0 Å².